The molecular weight excluding hydrogens is 378 g/mol. The Morgan fingerprint density at radius 3 is 2.83 bits per heavy atom. The fourth-order valence-electron chi connectivity index (χ4n) is 3.81. The lowest BCUT2D eigenvalue weighted by molar-refractivity contribution is 0.0576. The van der Waals surface area contributed by atoms with Crippen LogP contribution in [0.25, 0.3) is 16.4 Å². The number of nitriles is 1. The second-order valence-corrected chi connectivity index (χ2v) is 7.60. The Morgan fingerprint density at radius 2 is 2.03 bits per heavy atom. The molecule has 4 heterocycles. The van der Waals surface area contributed by atoms with Crippen LogP contribution in [-0.2, 0) is 0 Å². The van der Waals surface area contributed by atoms with Gasteiger partial charge in [0.1, 0.15) is 11.3 Å². The minimum atomic E-state index is -0.0809. The molecule has 1 aliphatic rings. The van der Waals surface area contributed by atoms with Crippen molar-refractivity contribution >= 4 is 22.3 Å². The fraction of sp³-hybridized carbons (Fsp3) is 0.217. The highest BCUT2D eigenvalue weighted by Gasteiger charge is 2.32. The summed E-state index contributed by atoms with van der Waals surface area (Å²) in [6.07, 6.45) is 3.38. The molecule has 148 valence electrons. The largest absolute Gasteiger partial charge is 0.455 e. The monoisotopic (exact) mass is 397 g/mol. The van der Waals surface area contributed by atoms with Gasteiger partial charge in [-0.2, -0.15) is 10.4 Å². The van der Waals surface area contributed by atoms with Crippen LogP contribution in [0.5, 0.6) is 11.5 Å². The van der Waals surface area contributed by atoms with Gasteiger partial charge in [0.2, 0.25) is 0 Å². The Morgan fingerprint density at radius 1 is 1.20 bits per heavy atom. The number of pyridine rings is 1. The van der Waals surface area contributed by atoms with Crippen LogP contribution >= 0.6 is 0 Å². The maximum absolute atomic E-state index is 12.9. The Kier molecular flexibility index (Phi) is 4.14. The molecule has 0 spiro atoms. The maximum Gasteiger partial charge on any atom is 0.255 e. The molecule has 0 aliphatic carbocycles. The highest BCUT2D eigenvalue weighted by molar-refractivity contribution is 5.99. The number of ether oxygens (including phenoxy) is 1. The van der Waals surface area contributed by atoms with E-state index in [9.17, 15) is 4.79 Å². The predicted octanol–water partition coefficient (Wildman–Crippen LogP) is 3.89. The number of fused-ring (bicyclic) bond motifs is 2. The number of amides is 1. The number of carbonyl (C=O) groups excluding carboxylic acids is 1. The van der Waals surface area contributed by atoms with Gasteiger partial charge in [0, 0.05) is 36.4 Å². The molecule has 7 heteroatoms. The van der Waals surface area contributed by atoms with Crippen LogP contribution in [0.1, 0.15) is 21.6 Å². The summed E-state index contributed by atoms with van der Waals surface area (Å²) in [7, 11) is 0. The van der Waals surface area contributed by atoms with Crippen molar-refractivity contribution in [1.29, 1.82) is 5.26 Å². The van der Waals surface area contributed by atoms with E-state index in [0.29, 0.717) is 30.2 Å². The number of rotatable bonds is 3. The first kappa shape index (κ1) is 18.1. The third-order valence-corrected chi connectivity index (χ3v) is 5.50. The highest BCUT2D eigenvalue weighted by Crippen LogP contribution is 2.32. The van der Waals surface area contributed by atoms with Crippen LogP contribution < -0.4 is 4.74 Å². The van der Waals surface area contributed by atoms with Crippen molar-refractivity contribution in [2.24, 2.45) is 5.92 Å². The number of likely N-dealkylation sites (tertiary alicyclic amines) is 1. The molecule has 7 nitrogen and oxygen atoms in total. The van der Waals surface area contributed by atoms with Crippen molar-refractivity contribution in [2.45, 2.75) is 13.8 Å². The Labute approximate surface area is 173 Å². The maximum atomic E-state index is 12.9. The van der Waals surface area contributed by atoms with Gasteiger partial charge in [0.15, 0.2) is 5.75 Å². The Bertz CT molecular complexity index is 1350. The molecule has 1 amide bonds. The molecule has 0 saturated carbocycles. The number of hydrogen-bond acceptors (Lipinski definition) is 5. The lowest BCUT2D eigenvalue weighted by Gasteiger charge is -2.35. The van der Waals surface area contributed by atoms with Gasteiger partial charge in [-0.15, -0.1) is 0 Å². The van der Waals surface area contributed by atoms with Crippen LogP contribution in [-0.4, -0.2) is 38.5 Å². The average Bonchev–Trinajstić information content (AvgIpc) is 3.05. The number of hydrogen-bond donors (Lipinski definition) is 0. The number of aromatic nitrogens is 3. The molecule has 0 unspecified atom stereocenters. The second-order valence-electron chi connectivity index (χ2n) is 7.60. The van der Waals surface area contributed by atoms with Crippen molar-refractivity contribution in [3.8, 4) is 17.6 Å². The van der Waals surface area contributed by atoms with Crippen LogP contribution in [0.15, 0.2) is 48.8 Å². The first-order chi connectivity index (χ1) is 14.5. The number of carbonyl (C=O) groups is 1. The molecule has 5 rings (SSSR count). The minimum Gasteiger partial charge on any atom is -0.455 e. The molecule has 1 aliphatic heterocycles. The van der Waals surface area contributed by atoms with Gasteiger partial charge in [-0.25, -0.2) is 4.52 Å². The first-order valence-corrected chi connectivity index (χ1v) is 9.74. The van der Waals surface area contributed by atoms with E-state index < -0.39 is 0 Å². The van der Waals surface area contributed by atoms with Gasteiger partial charge in [-0.1, -0.05) is 6.07 Å². The topological polar surface area (TPSA) is 83.5 Å². The molecule has 3 aromatic heterocycles. The van der Waals surface area contributed by atoms with Crippen LogP contribution in [0, 0.1) is 31.1 Å². The van der Waals surface area contributed by atoms with E-state index >= 15 is 0 Å². The van der Waals surface area contributed by atoms with E-state index in [2.05, 4.69) is 16.2 Å². The van der Waals surface area contributed by atoms with E-state index in [0.717, 1.165) is 27.7 Å². The summed E-state index contributed by atoms with van der Waals surface area (Å²) in [4.78, 5) is 19.1. The molecule has 0 radical (unpaired) electrons. The van der Waals surface area contributed by atoms with E-state index in [4.69, 9.17) is 10.00 Å². The third kappa shape index (κ3) is 2.94. The summed E-state index contributed by atoms with van der Waals surface area (Å²) in [6, 6.07) is 13.8. The van der Waals surface area contributed by atoms with Crippen molar-refractivity contribution in [1.82, 2.24) is 19.5 Å². The second kappa shape index (κ2) is 6.85. The van der Waals surface area contributed by atoms with Gasteiger partial charge in [0.05, 0.1) is 29.3 Å². The molecule has 0 N–H and O–H groups in total. The zero-order chi connectivity index (χ0) is 20.8. The summed E-state index contributed by atoms with van der Waals surface area (Å²) in [5.74, 6) is 1.16. The molecule has 4 aromatic rings. The molecule has 1 saturated heterocycles. The summed E-state index contributed by atoms with van der Waals surface area (Å²) in [5, 5.41) is 14.3. The van der Waals surface area contributed by atoms with Gasteiger partial charge < -0.3 is 9.64 Å². The lowest BCUT2D eigenvalue weighted by atomic mass is 10.0. The fourth-order valence-corrected chi connectivity index (χ4v) is 3.81. The van der Waals surface area contributed by atoms with Crippen molar-refractivity contribution in [3.63, 3.8) is 0 Å². The third-order valence-electron chi connectivity index (χ3n) is 5.50. The summed E-state index contributed by atoms with van der Waals surface area (Å²) in [6.45, 7) is 4.81. The molecule has 0 atom stereocenters. The summed E-state index contributed by atoms with van der Waals surface area (Å²) in [5.41, 5.74) is 4.02. The Balaban J connectivity index is 1.49. The zero-order valence-corrected chi connectivity index (χ0v) is 16.7. The van der Waals surface area contributed by atoms with Crippen LogP contribution in [0.2, 0.25) is 0 Å². The van der Waals surface area contributed by atoms with Gasteiger partial charge >= 0.3 is 0 Å². The van der Waals surface area contributed by atoms with Gasteiger partial charge in [-0.3, -0.25) is 9.78 Å². The van der Waals surface area contributed by atoms with E-state index in [-0.39, 0.29) is 11.8 Å². The number of nitrogens with zero attached hydrogens (tertiary/aromatic N) is 5. The van der Waals surface area contributed by atoms with E-state index in [1.165, 1.54) is 0 Å². The molecular formula is C23H19N5O2. The molecule has 30 heavy (non-hydrogen) atoms. The molecule has 0 bridgehead atoms. The van der Waals surface area contributed by atoms with Crippen LogP contribution in [0.4, 0.5) is 0 Å². The zero-order valence-electron chi connectivity index (χ0n) is 16.7. The summed E-state index contributed by atoms with van der Waals surface area (Å²) >= 11 is 0. The van der Waals surface area contributed by atoms with Crippen molar-refractivity contribution in [3.05, 3.63) is 65.6 Å². The Hall–Kier alpha value is -3.92. The van der Waals surface area contributed by atoms with Crippen molar-refractivity contribution < 1.29 is 9.53 Å². The SMILES string of the molecule is Cc1ccc2cc(Oc3ccnn4cc(C(=O)N5CC(C#N)C5)c(C)c34)ccc2n1. The van der Waals surface area contributed by atoms with Crippen LogP contribution in [0.3, 0.4) is 0 Å². The van der Waals surface area contributed by atoms with Crippen molar-refractivity contribution in [2.75, 3.05) is 13.1 Å². The minimum absolute atomic E-state index is 0.0745. The average molecular weight is 397 g/mol. The van der Waals surface area contributed by atoms with Gasteiger partial charge in [0.25, 0.3) is 5.91 Å². The number of aryl methyl sites for hydroxylation is 2. The van der Waals surface area contributed by atoms with E-state index in [1.54, 1.807) is 27.9 Å². The quantitative estimate of drug-likeness (QED) is 0.524. The molecule has 1 aromatic carbocycles. The molecule has 1 fully saturated rings. The van der Waals surface area contributed by atoms with Gasteiger partial charge in [-0.05, 0) is 43.7 Å². The smallest absolute Gasteiger partial charge is 0.255 e. The highest BCUT2D eigenvalue weighted by atomic mass is 16.5. The van der Waals surface area contributed by atoms with E-state index in [1.807, 2.05) is 44.2 Å². The number of benzene rings is 1. The first-order valence-electron chi connectivity index (χ1n) is 9.74. The normalized spacial score (nSPS) is 14.0. The predicted molar refractivity (Wildman–Crippen MR) is 111 cm³/mol. The standard InChI is InChI=1S/C23H19N5O2/c1-14-3-4-17-9-18(5-6-20(17)26-14)30-21-7-8-25-28-13-19(15(2)22(21)28)23(29)27-11-16(10-24)12-27/h3-9,13,16H,11-12H2,1-2H3. The lowest BCUT2D eigenvalue weighted by Crippen LogP contribution is -2.49. The summed E-state index contributed by atoms with van der Waals surface area (Å²) < 4.78 is 7.85.